The van der Waals surface area contributed by atoms with Crippen molar-refractivity contribution in [2.24, 2.45) is 9.98 Å². The Bertz CT molecular complexity index is 846. The lowest BCUT2D eigenvalue weighted by molar-refractivity contribution is -0.119. The molecule has 1 heterocycles. The van der Waals surface area contributed by atoms with Crippen LogP contribution in [0.1, 0.15) is 31.1 Å². The monoisotopic (exact) mass is 403 g/mol. The Kier molecular flexibility index (Phi) is 7.44. The summed E-state index contributed by atoms with van der Waals surface area (Å²) in [5.74, 6) is -1.38. The maximum Gasteiger partial charge on any atom is 0.279 e. The van der Waals surface area contributed by atoms with Crippen LogP contribution in [-0.4, -0.2) is 52.8 Å². The lowest BCUT2D eigenvalue weighted by Gasteiger charge is -2.15. The van der Waals surface area contributed by atoms with Gasteiger partial charge in [-0.1, -0.05) is 11.8 Å². The van der Waals surface area contributed by atoms with Crippen molar-refractivity contribution in [3.05, 3.63) is 29.8 Å². The van der Waals surface area contributed by atoms with Crippen LogP contribution >= 0.6 is 11.8 Å². The molecule has 0 spiro atoms. The molecule has 0 aliphatic carbocycles. The van der Waals surface area contributed by atoms with Crippen molar-refractivity contribution in [3.63, 3.8) is 0 Å². The highest BCUT2D eigenvalue weighted by Gasteiger charge is 2.26. The predicted molar refractivity (Wildman–Crippen MR) is 108 cm³/mol. The number of aliphatic imine (C=N–C) groups is 2. The van der Waals surface area contributed by atoms with Crippen molar-refractivity contribution in [1.29, 1.82) is 5.41 Å². The Morgan fingerprint density at radius 2 is 2.00 bits per heavy atom. The first-order chi connectivity index (χ1) is 13.3. The van der Waals surface area contributed by atoms with Gasteiger partial charge in [-0.2, -0.15) is 4.99 Å². The minimum absolute atomic E-state index is 0.00151. The summed E-state index contributed by atoms with van der Waals surface area (Å²) in [5.41, 5.74) is -0.124. The fraction of sp³-hybridized carbons (Fsp3) is 0.333. The van der Waals surface area contributed by atoms with E-state index in [9.17, 15) is 14.4 Å². The van der Waals surface area contributed by atoms with Gasteiger partial charge >= 0.3 is 0 Å². The molecule has 0 fully saturated rings. The number of hydrogen-bond acceptors (Lipinski definition) is 6. The van der Waals surface area contributed by atoms with Crippen LogP contribution < -0.4 is 15.4 Å². The predicted octanol–water partition coefficient (Wildman–Crippen LogP) is 1.39. The van der Waals surface area contributed by atoms with Crippen LogP contribution in [0, 0.1) is 5.41 Å². The second kappa shape index (κ2) is 9.79. The molecule has 0 aromatic heterocycles. The molecule has 148 valence electrons. The summed E-state index contributed by atoms with van der Waals surface area (Å²) in [5, 5.41) is 13.1. The number of ether oxygens (including phenoxy) is 1. The van der Waals surface area contributed by atoms with E-state index in [2.05, 4.69) is 20.6 Å². The van der Waals surface area contributed by atoms with E-state index in [1.165, 1.54) is 12.1 Å². The minimum Gasteiger partial charge on any atom is -0.494 e. The van der Waals surface area contributed by atoms with E-state index in [1.54, 1.807) is 12.1 Å². The normalized spacial score (nSPS) is 15.3. The van der Waals surface area contributed by atoms with E-state index < -0.39 is 17.6 Å². The second-order valence-corrected chi connectivity index (χ2v) is 6.92. The number of amidine groups is 2. The van der Waals surface area contributed by atoms with Gasteiger partial charge in [0.15, 0.2) is 16.7 Å². The third-order valence-corrected chi connectivity index (χ3v) is 4.16. The van der Waals surface area contributed by atoms with Crippen LogP contribution in [-0.2, 0) is 9.59 Å². The minimum atomic E-state index is -0.717. The fourth-order valence-corrected chi connectivity index (χ4v) is 2.81. The summed E-state index contributed by atoms with van der Waals surface area (Å²) in [6, 6.07) is 6.30. The smallest absolute Gasteiger partial charge is 0.279 e. The molecule has 28 heavy (non-hydrogen) atoms. The maximum atomic E-state index is 12.3. The van der Waals surface area contributed by atoms with Crippen molar-refractivity contribution >= 4 is 46.2 Å². The molecule has 0 unspecified atom stereocenters. The number of hydrogen-bond donors (Lipinski definition) is 3. The first-order valence-corrected chi connectivity index (χ1v) is 9.55. The first-order valence-electron chi connectivity index (χ1n) is 8.57. The van der Waals surface area contributed by atoms with Gasteiger partial charge < -0.3 is 10.1 Å². The number of nitrogens with zero attached hydrogens (tertiary/aromatic N) is 2. The van der Waals surface area contributed by atoms with Crippen LogP contribution in [0.3, 0.4) is 0 Å². The van der Waals surface area contributed by atoms with E-state index in [-0.39, 0.29) is 34.1 Å². The molecule has 1 aromatic rings. The molecule has 3 amide bonds. The van der Waals surface area contributed by atoms with E-state index in [0.717, 1.165) is 11.8 Å². The summed E-state index contributed by atoms with van der Waals surface area (Å²) < 4.78 is 5.30. The van der Waals surface area contributed by atoms with Crippen LogP contribution in [0.5, 0.6) is 5.75 Å². The van der Waals surface area contributed by atoms with E-state index >= 15 is 0 Å². The zero-order chi connectivity index (χ0) is 20.7. The van der Waals surface area contributed by atoms with E-state index in [0.29, 0.717) is 12.4 Å². The van der Waals surface area contributed by atoms with Gasteiger partial charge in [0.05, 0.1) is 12.4 Å². The standard InChI is InChI=1S/C18H21N5O4S/c1-4-27-12-7-5-11(6-8-12)16(25)21-14-15(19)22-18(23-17(14)26)28-9-13(24)20-10(2)3/h5-8,10H,4,9H2,1-3H3,(H,20,24)(H2,19,22,23,26). The van der Waals surface area contributed by atoms with Gasteiger partial charge in [0.2, 0.25) is 5.91 Å². The molecule has 1 aromatic carbocycles. The molecule has 9 nitrogen and oxygen atoms in total. The topological polar surface area (TPSA) is 133 Å². The number of rotatable bonds is 6. The molecule has 0 bridgehead atoms. The third-order valence-electron chi connectivity index (χ3n) is 3.29. The van der Waals surface area contributed by atoms with Gasteiger partial charge in [0.25, 0.3) is 11.8 Å². The van der Waals surface area contributed by atoms with Crippen LogP contribution in [0.25, 0.3) is 0 Å². The summed E-state index contributed by atoms with van der Waals surface area (Å²) in [7, 11) is 0. The van der Waals surface area contributed by atoms with E-state index in [1.807, 2.05) is 20.8 Å². The van der Waals surface area contributed by atoms with Gasteiger partial charge in [-0.05, 0) is 45.0 Å². The Morgan fingerprint density at radius 3 is 2.57 bits per heavy atom. The highest BCUT2D eigenvalue weighted by Crippen LogP contribution is 2.13. The van der Waals surface area contributed by atoms with Crippen molar-refractivity contribution < 1.29 is 19.1 Å². The second-order valence-electron chi connectivity index (χ2n) is 5.95. The Balaban J connectivity index is 2.05. The van der Waals surface area contributed by atoms with Crippen LogP contribution in [0.2, 0.25) is 0 Å². The lowest BCUT2D eigenvalue weighted by Crippen LogP contribution is -2.44. The van der Waals surface area contributed by atoms with E-state index in [4.69, 9.17) is 10.1 Å². The SMILES string of the molecule is CCOc1ccc(C(=O)N=C2C(=N)N=C(SCC(=O)NC(C)C)NC2=O)cc1. The first kappa shape index (κ1) is 21.3. The number of thioether (sulfide) groups is 1. The molecule has 0 saturated carbocycles. The zero-order valence-corrected chi connectivity index (χ0v) is 16.6. The fourth-order valence-electron chi connectivity index (χ4n) is 2.14. The number of carbonyl (C=O) groups is 3. The van der Waals surface area contributed by atoms with Gasteiger partial charge in [-0.3, -0.25) is 25.1 Å². The lowest BCUT2D eigenvalue weighted by atomic mass is 10.2. The largest absolute Gasteiger partial charge is 0.494 e. The maximum absolute atomic E-state index is 12.3. The molecule has 0 saturated heterocycles. The molecule has 1 aliphatic rings. The summed E-state index contributed by atoms with van der Waals surface area (Å²) in [6.45, 7) is 6.02. The van der Waals surface area contributed by atoms with Gasteiger partial charge in [0.1, 0.15) is 5.75 Å². The molecule has 3 N–H and O–H groups in total. The Hall–Kier alpha value is -3.01. The van der Waals surface area contributed by atoms with Crippen molar-refractivity contribution in [2.45, 2.75) is 26.8 Å². The summed E-state index contributed by atoms with van der Waals surface area (Å²) in [6.07, 6.45) is 0. The number of benzene rings is 1. The Labute approximate surface area is 166 Å². The number of carbonyl (C=O) groups excluding carboxylic acids is 3. The number of nitrogens with one attached hydrogen (secondary N) is 3. The molecule has 0 radical (unpaired) electrons. The van der Waals surface area contributed by atoms with Crippen LogP contribution in [0.15, 0.2) is 34.3 Å². The molecule has 1 aliphatic heterocycles. The summed E-state index contributed by atoms with van der Waals surface area (Å²) >= 11 is 0.990. The highest BCUT2D eigenvalue weighted by molar-refractivity contribution is 8.14. The van der Waals surface area contributed by atoms with Gasteiger partial charge in [0, 0.05) is 11.6 Å². The molecule has 10 heteroatoms. The van der Waals surface area contributed by atoms with Gasteiger partial charge in [-0.15, -0.1) is 0 Å². The highest BCUT2D eigenvalue weighted by atomic mass is 32.2. The Morgan fingerprint density at radius 1 is 1.32 bits per heavy atom. The molecule has 2 rings (SSSR count). The molecular weight excluding hydrogens is 382 g/mol. The third kappa shape index (κ3) is 6.02. The zero-order valence-electron chi connectivity index (χ0n) is 15.7. The average Bonchev–Trinajstić information content (AvgIpc) is 2.63. The van der Waals surface area contributed by atoms with Gasteiger partial charge in [-0.25, -0.2) is 4.99 Å². The van der Waals surface area contributed by atoms with Crippen molar-refractivity contribution in [1.82, 2.24) is 10.6 Å². The van der Waals surface area contributed by atoms with Crippen LogP contribution in [0.4, 0.5) is 0 Å². The van der Waals surface area contributed by atoms with Crippen molar-refractivity contribution in [2.75, 3.05) is 12.4 Å². The molecule has 0 atom stereocenters. The quantitative estimate of drug-likeness (QED) is 0.660. The number of amides is 3. The van der Waals surface area contributed by atoms with Crippen molar-refractivity contribution in [3.8, 4) is 5.75 Å². The average molecular weight is 403 g/mol. The summed E-state index contributed by atoms with van der Waals surface area (Å²) in [4.78, 5) is 43.7. The molecular formula is C18H21N5O4S.